The molecule has 1 aromatic heterocycles. The number of alkyl halides is 2. The van der Waals surface area contributed by atoms with Gasteiger partial charge in [-0.15, -0.1) is 0 Å². The van der Waals surface area contributed by atoms with Crippen molar-refractivity contribution >= 4 is 16.7 Å². The highest BCUT2D eigenvalue weighted by molar-refractivity contribution is 7.09. The molecule has 0 amide bonds. The summed E-state index contributed by atoms with van der Waals surface area (Å²) in [7, 11) is 0. The zero-order valence-corrected chi connectivity index (χ0v) is 13.7. The van der Waals surface area contributed by atoms with Crippen LogP contribution in [0.5, 0.6) is 5.75 Å². The lowest BCUT2D eigenvalue weighted by Crippen LogP contribution is -2.12. The van der Waals surface area contributed by atoms with E-state index in [-0.39, 0.29) is 12.3 Å². The lowest BCUT2D eigenvalue weighted by molar-refractivity contribution is -0.0498. The number of rotatable bonds is 8. The van der Waals surface area contributed by atoms with Gasteiger partial charge in [0.25, 0.3) is 0 Å². The molecule has 0 aliphatic carbocycles. The van der Waals surface area contributed by atoms with Gasteiger partial charge in [0.15, 0.2) is 0 Å². The van der Waals surface area contributed by atoms with E-state index in [1.807, 2.05) is 0 Å². The van der Waals surface area contributed by atoms with Crippen LogP contribution in [-0.4, -0.2) is 27.6 Å². The third-order valence-electron chi connectivity index (χ3n) is 3.00. The number of halogens is 2. The molecule has 0 bridgehead atoms. The molecule has 0 radical (unpaired) electrons. The van der Waals surface area contributed by atoms with E-state index in [9.17, 15) is 13.9 Å². The molecule has 1 heterocycles. The Morgan fingerprint density at radius 2 is 1.96 bits per heavy atom. The Kier molecular flexibility index (Phi) is 6.23. The second kappa shape index (κ2) is 8.16. The summed E-state index contributed by atoms with van der Waals surface area (Å²) < 4.78 is 32.7. The van der Waals surface area contributed by atoms with Crippen LogP contribution in [0.4, 0.5) is 13.9 Å². The molecule has 23 heavy (non-hydrogen) atoms. The van der Waals surface area contributed by atoms with E-state index < -0.39 is 12.7 Å². The van der Waals surface area contributed by atoms with E-state index in [1.165, 1.54) is 23.7 Å². The number of aromatic nitrogens is 2. The summed E-state index contributed by atoms with van der Waals surface area (Å²) in [5.41, 5.74) is 0.603. The summed E-state index contributed by atoms with van der Waals surface area (Å²) in [6, 6.07) is 5.90. The number of nitrogens with zero attached hydrogens (tertiary/aromatic N) is 2. The first kappa shape index (κ1) is 17.6. The number of aliphatic hydroxyl groups excluding tert-OH is 1. The van der Waals surface area contributed by atoms with Crippen LogP contribution in [0, 0.1) is 5.92 Å². The lowest BCUT2D eigenvalue weighted by atomic mass is 10.1. The molecule has 0 saturated carbocycles. The molecule has 0 spiro atoms. The topological polar surface area (TPSA) is 67.3 Å². The SMILES string of the molecule is CC(C)Cc1nsc(NCC(O)c2ccc(OC(F)F)cc2)n1. The van der Waals surface area contributed by atoms with Crippen LogP contribution in [0.2, 0.25) is 0 Å². The molecule has 0 fully saturated rings. The zero-order valence-electron chi connectivity index (χ0n) is 12.9. The highest BCUT2D eigenvalue weighted by Crippen LogP contribution is 2.20. The summed E-state index contributed by atoms with van der Waals surface area (Å²) in [6.45, 7) is 1.59. The molecule has 0 saturated heterocycles. The predicted octanol–water partition coefficient (Wildman–Crippen LogP) is 3.48. The summed E-state index contributed by atoms with van der Waals surface area (Å²) >= 11 is 1.25. The van der Waals surface area contributed by atoms with Gasteiger partial charge in [0.1, 0.15) is 11.6 Å². The van der Waals surface area contributed by atoms with Crippen molar-refractivity contribution in [3.8, 4) is 5.75 Å². The summed E-state index contributed by atoms with van der Waals surface area (Å²) in [5.74, 6) is 1.33. The van der Waals surface area contributed by atoms with E-state index in [4.69, 9.17) is 0 Å². The number of hydrogen-bond donors (Lipinski definition) is 2. The quantitative estimate of drug-likeness (QED) is 0.768. The highest BCUT2D eigenvalue weighted by Gasteiger charge is 2.11. The van der Waals surface area contributed by atoms with Crippen molar-refractivity contribution in [2.24, 2.45) is 5.92 Å². The van der Waals surface area contributed by atoms with Crippen molar-refractivity contribution in [1.82, 2.24) is 9.36 Å². The van der Waals surface area contributed by atoms with Gasteiger partial charge in [0, 0.05) is 24.5 Å². The minimum Gasteiger partial charge on any atom is -0.435 e. The molecule has 2 rings (SSSR count). The largest absolute Gasteiger partial charge is 0.435 e. The van der Waals surface area contributed by atoms with Crippen molar-refractivity contribution in [3.05, 3.63) is 35.7 Å². The van der Waals surface area contributed by atoms with E-state index >= 15 is 0 Å². The summed E-state index contributed by atoms with van der Waals surface area (Å²) in [4.78, 5) is 4.34. The fraction of sp³-hybridized carbons (Fsp3) is 0.467. The second-order valence-electron chi connectivity index (χ2n) is 5.46. The first-order chi connectivity index (χ1) is 10.9. The van der Waals surface area contributed by atoms with Gasteiger partial charge in [-0.3, -0.25) is 0 Å². The average Bonchev–Trinajstić information content (AvgIpc) is 2.91. The van der Waals surface area contributed by atoms with Crippen LogP contribution in [0.3, 0.4) is 0 Å². The highest BCUT2D eigenvalue weighted by atomic mass is 32.1. The van der Waals surface area contributed by atoms with Gasteiger partial charge in [-0.2, -0.15) is 13.2 Å². The number of benzene rings is 1. The number of ether oxygens (including phenoxy) is 1. The Morgan fingerprint density at radius 1 is 1.26 bits per heavy atom. The molecular weight excluding hydrogens is 324 g/mol. The Labute approximate surface area is 137 Å². The van der Waals surface area contributed by atoms with Gasteiger partial charge in [-0.1, -0.05) is 26.0 Å². The van der Waals surface area contributed by atoms with Crippen molar-refractivity contribution in [2.45, 2.75) is 33.0 Å². The number of anilines is 1. The van der Waals surface area contributed by atoms with Crippen LogP contribution in [0.1, 0.15) is 31.3 Å². The molecule has 1 aromatic carbocycles. The maximum atomic E-state index is 12.1. The predicted molar refractivity (Wildman–Crippen MR) is 85.0 cm³/mol. The minimum absolute atomic E-state index is 0.0614. The molecule has 2 aromatic rings. The monoisotopic (exact) mass is 343 g/mol. The summed E-state index contributed by atoms with van der Waals surface area (Å²) in [5, 5.41) is 13.8. The van der Waals surface area contributed by atoms with E-state index in [2.05, 4.69) is 33.3 Å². The molecule has 0 aliphatic rings. The molecular formula is C15H19F2N3O2S. The standard InChI is InChI=1S/C15H19F2N3O2S/c1-9(2)7-13-19-15(23-20-13)18-8-12(21)10-3-5-11(6-4-10)22-14(16)17/h3-6,9,12,14,21H,7-8H2,1-2H3,(H,18,19,20). The summed E-state index contributed by atoms with van der Waals surface area (Å²) in [6.07, 6.45) is 0.0276. The Hall–Kier alpha value is -1.80. The molecule has 0 aliphatic heterocycles. The Morgan fingerprint density at radius 3 is 2.57 bits per heavy atom. The second-order valence-corrected chi connectivity index (χ2v) is 6.21. The maximum absolute atomic E-state index is 12.1. The van der Waals surface area contributed by atoms with Gasteiger partial charge in [-0.05, 0) is 23.6 Å². The van der Waals surface area contributed by atoms with Gasteiger partial charge < -0.3 is 15.2 Å². The van der Waals surface area contributed by atoms with Crippen LogP contribution in [-0.2, 0) is 6.42 Å². The van der Waals surface area contributed by atoms with Gasteiger partial charge in [0.05, 0.1) is 6.10 Å². The molecule has 2 N–H and O–H groups in total. The molecule has 5 nitrogen and oxygen atoms in total. The van der Waals surface area contributed by atoms with Crippen LogP contribution >= 0.6 is 11.5 Å². The molecule has 126 valence electrons. The fourth-order valence-electron chi connectivity index (χ4n) is 1.95. The zero-order chi connectivity index (χ0) is 16.8. The maximum Gasteiger partial charge on any atom is 0.387 e. The normalized spacial score (nSPS) is 12.7. The minimum atomic E-state index is -2.86. The van der Waals surface area contributed by atoms with Gasteiger partial charge >= 0.3 is 6.61 Å². The number of aliphatic hydroxyl groups is 1. The molecule has 1 unspecified atom stereocenters. The van der Waals surface area contributed by atoms with E-state index in [0.29, 0.717) is 16.6 Å². The van der Waals surface area contributed by atoms with E-state index in [1.54, 1.807) is 12.1 Å². The Balaban J connectivity index is 1.86. The van der Waals surface area contributed by atoms with Crippen LogP contribution in [0.15, 0.2) is 24.3 Å². The molecule has 1 atom stereocenters. The number of hydrogen-bond acceptors (Lipinski definition) is 6. The third-order valence-corrected chi connectivity index (χ3v) is 3.71. The van der Waals surface area contributed by atoms with Crippen molar-refractivity contribution < 1.29 is 18.6 Å². The van der Waals surface area contributed by atoms with E-state index in [0.717, 1.165) is 12.2 Å². The Bertz CT molecular complexity index is 605. The fourth-order valence-corrected chi connectivity index (χ4v) is 2.55. The van der Waals surface area contributed by atoms with Crippen molar-refractivity contribution in [3.63, 3.8) is 0 Å². The smallest absolute Gasteiger partial charge is 0.387 e. The van der Waals surface area contributed by atoms with Crippen molar-refractivity contribution in [1.29, 1.82) is 0 Å². The van der Waals surface area contributed by atoms with Crippen molar-refractivity contribution in [2.75, 3.05) is 11.9 Å². The first-order valence-corrected chi connectivity index (χ1v) is 8.00. The third kappa shape index (κ3) is 5.72. The van der Waals surface area contributed by atoms with Crippen LogP contribution < -0.4 is 10.1 Å². The average molecular weight is 343 g/mol. The first-order valence-electron chi connectivity index (χ1n) is 7.23. The van der Waals surface area contributed by atoms with Gasteiger partial charge in [0.2, 0.25) is 5.13 Å². The number of nitrogens with one attached hydrogen (secondary N) is 1. The van der Waals surface area contributed by atoms with Crippen LogP contribution in [0.25, 0.3) is 0 Å². The lowest BCUT2D eigenvalue weighted by Gasteiger charge is -2.12. The molecule has 8 heteroatoms. The van der Waals surface area contributed by atoms with Gasteiger partial charge in [-0.25, -0.2) is 4.98 Å².